The van der Waals surface area contributed by atoms with Crippen molar-refractivity contribution in [3.8, 4) is 39.7 Å². The summed E-state index contributed by atoms with van der Waals surface area (Å²) in [4.78, 5) is 19.3. The Kier molecular flexibility index (Phi) is 7.26. The number of benzene rings is 2. The topological polar surface area (TPSA) is 110 Å². The van der Waals surface area contributed by atoms with E-state index >= 15 is 0 Å². The minimum Gasteiger partial charge on any atom is -0.493 e. The van der Waals surface area contributed by atoms with Gasteiger partial charge in [0.15, 0.2) is 0 Å². The molecule has 0 saturated heterocycles. The number of carbonyl (C=O) groups is 1. The summed E-state index contributed by atoms with van der Waals surface area (Å²) in [5.41, 5.74) is 3.20. The third-order valence-corrected chi connectivity index (χ3v) is 5.53. The van der Waals surface area contributed by atoms with Gasteiger partial charge in [-0.15, -0.1) is 0 Å². The lowest BCUT2D eigenvalue weighted by atomic mass is 9.98. The second-order valence-corrected chi connectivity index (χ2v) is 8.01. The monoisotopic (exact) mass is 496 g/mol. The first kappa shape index (κ1) is 24.2. The quantitative estimate of drug-likeness (QED) is 0.297. The van der Waals surface area contributed by atoms with Crippen LogP contribution in [-0.2, 0) is 4.79 Å². The van der Waals surface area contributed by atoms with Crippen molar-refractivity contribution in [3.05, 3.63) is 65.1 Å². The van der Waals surface area contributed by atoms with Crippen molar-refractivity contribution in [2.75, 3.05) is 18.5 Å². The van der Waals surface area contributed by atoms with Gasteiger partial charge in [0.2, 0.25) is 5.82 Å². The molecule has 2 N–H and O–H groups in total. The normalized spacial score (nSPS) is 10.9. The van der Waals surface area contributed by atoms with Gasteiger partial charge in [0, 0.05) is 29.4 Å². The van der Waals surface area contributed by atoms with E-state index in [-0.39, 0.29) is 30.5 Å². The highest BCUT2D eigenvalue weighted by Gasteiger charge is 2.17. The van der Waals surface area contributed by atoms with E-state index in [0.29, 0.717) is 39.9 Å². The highest BCUT2D eigenvalue weighted by atomic mass is 35.5. The number of ether oxygens (including phenoxy) is 1. The molecule has 35 heavy (non-hydrogen) atoms. The summed E-state index contributed by atoms with van der Waals surface area (Å²) >= 11 is 6.27. The summed E-state index contributed by atoms with van der Waals surface area (Å²) in [5, 5.41) is 15.9. The minimum atomic E-state index is -0.920. The number of aromatic nitrogens is 3. The lowest BCUT2D eigenvalue weighted by Gasteiger charge is -2.13. The third-order valence-electron chi connectivity index (χ3n) is 5.24. The zero-order chi connectivity index (χ0) is 24.9. The van der Waals surface area contributed by atoms with Gasteiger partial charge >= 0.3 is 5.97 Å². The SMILES string of the molecule is CCOc1cc(-c2nc(-c3cnc(NCCC(=O)O)c(Cl)c3)no2)ccc1-c1cccc(F)c1C. The van der Waals surface area contributed by atoms with Gasteiger partial charge in [-0.2, -0.15) is 4.98 Å². The zero-order valence-electron chi connectivity index (χ0n) is 19.0. The van der Waals surface area contributed by atoms with E-state index in [4.69, 9.17) is 26.0 Å². The number of anilines is 1. The van der Waals surface area contributed by atoms with Crippen LogP contribution in [0.15, 0.2) is 53.2 Å². The van der Waals surface area contributed by atoms with E-state index in [1.165, 1.54) is 12.3 Å². The van der Waals surface area contributed by atoms with Crippen molar-refractivity contribution < 1.29 is 23.6 Å². The Morgan fingerprint density at radius 3 is 2.77 bits per heavy atom. The summed E-state index contributed by atoms with van der Waals surface area (Å²) in [6, 6.07) is 12.0. The van der Waals surface area contributed by atoms with E-state index in [0.717, 1.165) is 11.1 Å². The molecule has 8 nitrogen and oxygen atoms in total. The maximum Gasteiger partial charge on any atom is 0.305 e. The summed E-state index contributed by atoms with van der Waals surface area (Å²) < 4.78 is 25.4. The van der Waals surface area contributed by atoms with Gasteiger partial charge in [0.1, 0.15) is 17.4 Å². The fourth-order valence-electron chi connectivity index (χ4n) is 3.49. The second-order valence-electron chi connectivity index (χ2n) is 7.60. The number of nitrogens with zero attached hydrogens (tertiary/aromatic N) is 3. The fraction of sp³-hybridized carbons (Fsp3) is 0.200. The Labute approximate surface area is 205 Å². The standard InChI is InChI=1S/C25H22ClFN4O4/c1-3-34-21-12-15(7-8-18(21)17-5-4-6-20(27)14(17)2)25-30-23(31-35-25)16-11-19(26)24(29-13-16)28-10-9-22(32)33/h4-8,11-13H,3,9-10H2,1-2H3,(H,28,29)(H,32,33). The molecule has 0 aliphatic carbocycles. The Hall–Kier alpha value is -3.98. The molecule has 4 rings (SSSR count). The molecule has 0 fully saturated rings. The van der Waals surface area contributed by atoms with Crippen LogP contribution in [0, 0.1) is 12.7 Å². The van der Waals surface area contributed by atoms with Crippen LogP contribution in [0.1, 0.15) is 18.9 Å². The first-order valence-electron chi connectivity index (χ1n) is 10.9. The molecule has 0 aliphatic rings. The number of halogens is 2. The van der Waals surface area contributed by atoms with E-state index < -0.39 is 5.97 Å². The van der Waals surface area contributed by atoms with Crippen LogP contribution < -0.4 is 10.1 Å². The number of hydrogen-bond donors (Lipinski definition) is 2. The molecular weight excluding hydrogens is 475 g/mol. The maximum absolute atomic E-state index is 14.1. The van der Waals surface area contributed by atoms with Crippen LogP contribution in [-0.4, -0.2) is 39.4 Å². The van der Waals surface area contributed by atoms with Crippen LogP contribution in [0.3, 0.4) is 0 Å². The van der Waals surface area contributed by atoms with Crippen molar-refractivity contribution in [2.45, 2.75) is 20.3 Å². The molecule has 0 amide bonds. The largest absolute Gasteiger partial charge is 0.493 e. The lowest BCUT2D eigenvalue weighted by molar-refractivity contribution is -0.136. The molecule has 0 aliphatic heterocycles. The molecule has 180 valence electrons. The van der Waals surface area contributed by atoms with Gasteiger partial charge in [-0.25, -0.2) is 9.37 Å². The van der Waals surface area contributed by atoms with Gasteiger partial charge < -0.3 is 19.7 Å². The summed E-state index contributed by atoms with van der Waals surface area (Å²) in [6.45, 7) is 4.22. The number of carboxylic acid groups (broad SMARTS) is 1. The molecule has 4 aromatic rings. The van der Waals surface area contributed by atoms with Crippen LogP contribution >= 0.6 is 11.6 Å². The van der Waals surface area contributed by atoms with Crippen molar-refractivity contribution >= 4 is 23.4 Å². The summed E-state index contributed by atoms with van der Waals surface area (Å²) in [5.74, 6) is 0.282. The van der Waals surface area contributed by atoms with Gasteiger partial charge in [-0.3, -0.25) is 4.79 Å². The van der Waals surface area contributed by atoms with Gasteiger partial charge in [0.25, 0.3) is 5.89 Å². The molecule has 2 heterocycles. The zero-order valence-corrected chi connectivity index (χ0v) is 19.8. The highest BCUT2D eigenvalue weighted by molar-refractivity contribution is 6.33. The molecule has 0 bridgehead atoms. The summed E-state index contributed by atoms with van der Waals surface area (Å²) in [6.07, 6.45) is 1.46. The van der Waals surface area contributed by atoms with E-state index in [9.17, 15) is 9.18 Å². The molecule has 0 spiro atoms. The van der Waals surface area contributed by atoms with E-state index in [1.807, 2.05) is 19.1 Å². The molecule has 2 aromatic carbocycles. The van der Waals surface area contributed by atoms with Gasteiger partial charge in [0.05, 0.1) is 18.1 Å². The minimum absolute atomic E-state index is 0.0603. The number of hydrogen-bond acceptors (Lipinski definition) is 7. The number of rotatable bonds is 9. The second kappa shape index (κ2) is 10.5. The van der Waals surface area contributed by atoms with E-state index in [2.05, 4.69) is 20.4 Å². The lowest BCUT2D eigenvalue weighted by Crippen LogP contribution is -2.08. The Balaban J connectivity index is 1.61. The summed E-state index contributed by atoms with van der Waals surface area (Å²) in [7, 11) is 0. The number of pyridine rings is 1. The van der Waals surface area contributed by atoms with Crippen molar-refractivity contribution in [1.29, 1.82) is 0 Å². The van der Waals surface area contributed by atoms with Gasteiger partial charge in [-0.1, -0.05) is 28.9 Å². The molecule has 0 saturated carbocycles. The first-order chi connectivity index (χ1) is 16.9. The smallest absolute Gasteiger partial charge is 0.305 e. The fourth-order valence-corrected chi connectivity index (χ4v) is 3.72. The van der Waals surface area contributed by atoms with Crippen LogP contribution in [0.25, 0.3) is 34.0 Å². The van der Waals surface area contributed by atoms with Crippen LogP contribution in [0.2, 0.25) is 5.02 Å². The predicted molar refractivity (Wildman–Crippen MR) is 130 cm³/mol. The molecule has 0 unspecified atom stereocenters. The van der Waals surface area contributed by atoms with Crippen LogP contribution in [0.5, 0.6) is 5.75 Å². The number of nitrogens with one attached hydrogen (secondary N) is 1. The highest BCUT2D eigenvalue weighted by Crippen LogP contribution is 2.36. The maximum atomic E-state index is 14.1. The number of aliphatic carboxylic acids is 1. The third kappa shape index (κ3) is 5.41. The van der Waals surface area contributed by atoms with Crippen molar-refractivity contribution in [3.63, 3.8) is 0 Å². The molecular formula is C25H22ClFN4O4. The Bertz CT molecular complexity index is 1380. The number of carboxylic acids is 1. The van der Waals surface area contributed by atoms with Crippen molar-refractivity contribution in [2.24, 2.45) is 0 Å². The Morgan fingerprint density at radius 1 is 1.20 bits per heavy atom. The molecule has 10 heteroatoms. The Morgan fingerprint density at radius 2 is 2.03 bits per heavy atom. The van der Waals surface area contributed by atoms with E-state index in [1.54, 1.807) is 31.2 Å². The molecule has 2 aromatic heterocycles. The predicted octanol–water partition coefficient (Wildman–Crippen LogP) is 5.85. The van der Waals surface area contributed by atoms with Crippen LogP contribution in [0.4, 0.5) is 10.2 Å². The average molecular weight is 497 g/mol. The molecule has 0 atom stereocenters. The average Bonchev–Trinajstić information content (AvgIpc) is 3.32. The van der Waals surface area contributed by atoms with Gasteiger partial charge in [-0.05, 0) is 55.3 Å². The first-order valence-corrected chi connectivity index (χ1v) is 11.2. The van der Waals surface area contributed by atoms with Crippen molar-refractivity contribution in [1.82, 2.24) is 15.1 Å². The molecule has 0 radical (unpaired) electrons.